The predicted octanol–water partition coefficient (Wildman–Crippen LogP) is 4.09. The summed E-state index contributed by atoms with van der Waals surface area (Å²) in [6, 6.07) is 14.8. The Hall–Kier alpha value is -2.03. The molecule has 1 fully saturated rings. The number of hydrogen-bond acceptors (Lipinski definition) is 4. The van der Waals surface area contributed by atoms with Crippen LogP contribution in [0.25, 0.3) is 0 Å². The number of rotatable bonds is 8. The first-order valence-corrected chi connectivity index (χ1v) is 12.3. The SMILES string of the molecule is CNS(=O)(=O)Cc1ccc(CNC(=O)Nc2ccccc2SC2CCCC2)cc1. The lowest BCUT2D eigenvalue weighted by molar-refractivity contribution is 0.251. The number of carbonyl (C=O) groups excluding carboxylic acids is 1. The van der Waals surface area contributed by atoms with Gasteiger partial charge in [0.15, 0.2) is 0 Å². The van der Waals surface area contributed by atoms with Crippen LogP contribution in [0.5, 0.6) is 0 Å². The van der Waals surface area contributed by atoms with E-state index in [1.807, 2.05) is 42.1 Å². The molecule has 156 valence electrons. The van der Waals surface area contributed by atoms with Crippen molar-refractivity contribution in [3.8, 4) is 0 Å². The zero-order valence-corrected chi connectivity index (χ0v) is 18.1. The summed E-state index contributed by atoms with van der Waals surface area (Å²) in [7, 11) is -1.89. The topological polar surface area (TPSA) is 87.3 Å². The van der Waals surface area contributed by atoms with Gasteiger partial charge in [0.05, 0.1) is 11.4 Å². The van der Waals surface area contributed by atoms with Gasteiger partial charge in [0.25, 0.3) is 0 Å². The van der Waals surface area contributed by atoms with E-state index in [-0.39, 0.29) is 11.8 Å². The van der Waals surface area contributed by atoms with E-state index in [4.69, 9.17) is 0 Å². The van der Waals surface area contributed by atoms with Gasteiger partial charge >= 0.3 is 6.03 Å². The zero-order chi connectivity index (χ0) is 20.7. The van der Waals surface area contributed by atoms with Crippen molar-refractivity contribution >= 4 is 33.5 Å². The van der Waals surface area contributed by atoms with Crippen molar-refractivity contribution in [3.05, 3.63) is 59.7 Å². The summed E-state index contributed by atoms with van der Waals surface area (Å²) >= 11 is 1.85. The Morgan fingerprint density at radius 1 is 1.03 bits per heavy atom. The molecule has 0 heterocycles. The van der Waals surface area contributed by atoms with Crippen molar-refractivity contribution in [3.63, 3.8) is 0 Å². The second-order valence-corrected chi connectivity index (χ2v) is 10.4. The minimum atomic E-state index is -3.29. The Morgan fingerprint density at radius 2 is 1.69 bits per heavy atom. The van der Waals surface area contributed by atoms with Crippen LogP contribution in [0.3, 0.4) is 0 Å². The predicted molar refractivity (Wildman–Crippen MR) is 119 cm³/mol. The van der Waals surface area contributed by atoms with Crippen LogP contribution >= 0.6 is 11.8 Å². The molecule has 0 bridgehead atoms. The third kappa shape index (κ3) is 6.76. The number of hydrogen-bond donors (Lipinski definition) is 3. The number of nitrogens with one attached hydrogen (secondary N) is 3. The summed E-state index contributed by atoms with van der Waals surface area (Å²) in [5.41, 5.74) is 2.43. The van der Waals surface area contributed by atoms with Crippen LogP contribution in [0.4, 0.5) is 10.5 Å². The van der Waals surface area contributed by atoms with Crippen molar-refractivity contribution in [1.29, 1.82) is 0 Å². The molecule has 0 spiro atoms. The lowest BCUT2D eigenvalue weighted by atomic mass is 10.1. The van der Waals surface area contributed by atoms with Gasteiger partial charge in [-0.25, -0.2) is 17.9 Å². The molecule has 0 aromatic heterocycles. The molecule has 8 heteroatoms. The number of benzene rings is 2. The molecule has 29 heavy (non-hydrogen) atoms. The van der Waals surface area contributed by atoms with Crippen molar-refractivity contribution in [2.24, 2.45) is 0 Å². The van der Waals surface area contributed by atoms with Crippen LogP contribution < -0.4 is 15.4 Å². The Bertz CT molecular complexity index is 924. The molecule has 3 N–H and O–H groups in total. The fourth-order valence-corrected chi connectivity index (χ4v) is 5.36. The minimum Gasteiger partial charge on any atom is -0.334 e. The van der Waals surface area contributed by atoms with Crippen LogP contribution in [0, 0.1) is 0 Å². The maximum Gasteiger partial charge on any atom is 0.319 e. The van der Waals surface area contributed by atoms with Crippen LogP contribution in [-0.4, -0.2) is 26.7 Å². The molecule has 2 aromatic rings. The monoisotopic (exact) mass is 433 g/mol. The zero-order valence-electron chi connectivity index (χ0n) is 16.5. The summed E-state index contributed by atoms with van der Waals surface area (Å²) in [6.07, 6.45) is 5.04. The van der Waals surface area contributed by atoms with Gasteiger partial charge in [-0.05, 0) is 43.1 Å². The number of para-hydroxylation sites is 1. The van der Waals surface area contributed by atoms with Crippen LogP contribution in [-0.2, 0) is 22.3 Å². The van der Waals surface area contributed by atoms with Crippen molar-refractivity contribution in [2.45, 2.75) is 48.1 Å². The highest BCUT2D eigenvalue weighted by molar-refractivity contribution is 8.00. The van der Waals surface area contributed by atoms with Gasteiger partial charge in [0.2, 0.25) is 10.0 Å². The molecule has 3 rings (SSSR count). The molecule has 0 unspecified atom stereocenters. The highest BCUT2D eigenvalue weighted by atomic mass is 32.2. The Balaban J connectivity index is 1.52. The fourth-order valence-electron chi connectivity index (χ4n) is 3.25. The first-order valence-electron chi connectivity index (χ1n) is 9.75. The minimum absolute atomic E-state index is 0.0624. The Labute approximate surface area is 176 Å². The molecular weight excluding hydrogens is 406 g/mol. The van der Waals surface area contributed by atoms with Crippen molar-refractivity contribution < 1.29 is 13.2 Å². The van der Waals surface area contributed by atoms with Gasteiger partial charge in [-0.3, -0.25) is 0 Å². The Morgan fingerprint density at radius 3 is 2.38 bits per heavy atom. The number of urea groups is 1. The summed E-state index contributed by atoms with van der Waals surface area (Å²) in [6.45, 7) is 0.364. The van der Waals surface area contributed by atoms with Crippen LogP contribution in [0.15, 0.2) is 53.4 Å². The molecule has 2 amide bonds. The van der Waals surface area contributed by atoms with Crippen LogP contribution in [0.1, 0.15) is 36.8 Å². The third-order valence-electron chi connectivity index (χ3n) is 4.87. The summed E-state index contributed by atoms with van der Waals surface area (Å²) in [5.74, 6) is -0.0624. The van der Waals surface area contributed by atoms with Crippen molar-refractivity contribution in [1.82, 2.24) is 10.0 Å². The quantitative estimate of drug-likeness (QED) is 0.585. The smallest absolute Gasteiger partial charge is 0.319 e. The summed E-state index contributed by atoms with van der Waals surface area (Å²) < 4.78 is 25.5. The third-order valence-corrected chi connectivity index (χ3v) is 7.62. The van der Waals surface area contributed by atoms with E-state index >= 15 is 0 Å². The number of anilines is 1. The molecule has 0 radical (unpaired) electrons. The van der Waals surface area contributed by atoms with Crippen molar-refractivity contribution in [2.75, 3.05) is 12.4 Å². The van der Waals surface area contributed by atoms with Gasteiger partial charge in [-0.1, -0.05) is 49.2 Å². The van der Waals surface area contributed by atoms with Gasteiger partial charge < -0.3 is 10.6 Å². The molecule has 2 aromatic carbocycles. The van der Waals surface area contributed by atoms with E-state index in [0.29, 0.717) is 17.4 Å². The van der Waals surface area contributed by atoms with Gasteiger partial charge in [-0.2, -0.15) is 0 Å². The Kier molecular flexibility index (Phi) is 7.57. The molecule has 1 saturated carbocycles. The molecule has 1 aliphatic carbocycles. The number of thioether (sulfide) groups is 1. The number of sulfonamides is 1. The normalized spacial score (nSPS) is 14.7. The van der Waals surface area contributed by atoms with E-state index in [9.17, 15) is 13.2 Å². The number of carbonyl (C=O) groups is 1. The van der Waals surface area contributed by atoms with Gasteiger partial charge in [0, 0.05) is 16.7 Å². The van der Waals surface area contributed by atoms with Crippen LogP contribution in [0.2, 0.25) is 0 Å². The standard InChI is InChI=1S/C21H27N3O3S2/c1-22-29(26,27)15-17-12-10-16(11-13-17)14-23-21(25)24-19-8-4-5-9-20(19)28-18-6-2-3-7-18/h4-5,8-13,18,22H,2-3,6-7,14-15H2,1H3,(H2,23,24,25). The average Bonchev–Trinajstić information content (AvgIpc) is 3.22. The molecule has 0 atom stereocenters. The molecule has 6 nitrogen and oxygen atoms in total. The number of amides is 2. The lowest BCUT2D eigenvalue weighted by Gasteiger charge is -2.14. The maximum atomic E-state index is 12.3. The summed E-state index contributed by atoms with van der Waals surface area (Å²) in [5, 5.41) is 6.43. The van der Waals surface area contributed by atoms with E-state index in [2.05, 4.69) is 21.4 Å². The van der Waals surface area contributed by atoms with E-state index < -0.39 is 10.0 Å². The van der Waals surface area contributed by atoms with E-state index in [1.54, 1.807) is 12.1 Å². The fraction of sp³-hybridized carbons (Fsp3) is 0.381. The second-order valence-electron chi connectivity index (χ2n) is 7.11. The average molecular weight is 434 g/mol. The van der Waals surface area contributed by atoms with Gasteiger partial charge in [0.1, 0.15) is 0 Å². The largest absolute Gasteiger partial charge is 0.334 e. The maximum absolute atomic E-state index is 12.3. The highest BCUT2D eigenvalue weighted by Gasteiger charge is 2.18. The summed E-state index contributed by atoms with van der Waals surface area (Å²) in [4.78, 5) is 13.5. The lowest BCUT2D eigenvalue weighted by Crippen LogP contribution is -2.28. The molecule has 0 aliphatic heterocycles. The molecule has 1 aliphatic rings. The molecular formula is C21H27N3O3S2. The highest BCUT2D eigenvalue weighted by Crippen LogP contribution is 2.37. The van der Waals surface area contributed by atoms with E-state index in [0.717, 1.165) is 16.1 Å². The first kappa shape index (κ1) is 21.7. The first-order chi connectivity index (χ1) is 13.9. The molecule has 0 saturated heterocycles. The van der Waals surface area contributed by atoms with Gasteiger partial charge in [-0.15, -0.1) is 11.8 Å². The second kappa shape index (κ2) is 10.1. The van der Waals surface area contributed by atoms with E-state index in [1.165, 1.54) is 32.7 Å².